The van der Waals surface area contributed by atoms with E-state index in [2.05, 4.69) is 9.97 Å². The first-order valence-electron chi connectivity index (χ1n) is 7.23. The average Bonchev–Trinajstić information content (AvgIpc) is 2.49. The highest BCUT2D eigenvalue weighted by Gasteiger charge is 2.22. The largest absolute Gasteiger partial charge is 0.384 e. The van der Waals surface area contributed by atoms with Gasteiger partial charge in [0, 0.05) is 35.9 Å². The van der Waals surface area contributed by atoms with Crippen LogP contribution in [0.4, 0.5) is 10.2 Å². The summed E-state index contributed by atoms with van der Waals surface area (Å²) in [7, 11) is 1.60. The van der Waals surface area contributed by atoms with Crippen molar-refractivity contribution in [3.8, 4) is 0 Å². The van der Waals surface area contributed by atoms with Crippen LogP contribution in [0.1, 0.15) is 18.2 Å². The maximum Gasteiger partial charge on any atom is 0.235 e. The van der Waals surface area contributed by atoms with Crippen molar-refractivity contribution in [2.45, 2.75) is 30.8 Å². The second-order valence-electron chi connectivity index (χ2n) is 5.37. The van der Waals surface area contributed by atoms with Gasteiger partial charge in [0.05, 0.1) is 5.25 Å². The van der Waals surface area contributed by atoms with Gasteiger partial charge in [-0.15, -0.1) is 0 Å². The summed E-state index contributed by atoms with van der Waals surface area (Å²) < 4.78 is 13.8. The van der Waals surface area contributed by atoms with E-state index in [9.17, 15) is 9.18 Å². The minimum atomic E-state index is -0.443. The van der Waals surface area contributed by atoms with Gasteiger partial charge in [0.1, 0.15) is 11.6 Å². The van der Waals surface area contributed by atoms with E-state index in [1.807, 2.05) is 0 Å². The Labute approximate surface area is 149 Å². The topological polar surface area (TPSA) is 72.1 Å². The Bertz CT molecular complexity index is 718. The molecule has 2 aromatic rings. The van der Waals surface area contributed by atoms with Crippen LogP contribution in [-0.4, -0.2) is 33.1 Å². The monoisotopic (exact) mass is 368 g/mol. The van der Waals surface area contributed by atoms with Crippen LogP contribution in [0.5, 0.6) is 0 Å². The van der Waals surface area contributed by atoms with Crippen LogP contribution in [0.2, 0.25) is 5.02 Å². The van der Waals surface area contributed by atoms with Gasteiger partial charge in [-0.1, -0.05) is 29.4 Å². The van der Waals surface area contributed by atoms with Crippen LogP contribution >= 0.6 is 23.4 Å². The van der Waals surface area contributed by atoms with Crippen LogP contribution in [0.15, 0.2) is 29.4 Å². The minimum absolute atomic E-state index is 0.0893. The number of nitrogen functional groups attached to an aromatic ring is 1. The summed E-state index contributed by atoms with van der Waals surface area (Å²) in [5, 5.41) is 0.289. The summed E-state index contributed by atoms with van der Waals surface area (Å²) in [6.45, 7) is 3.64. The molecule has 0 spiro atoms. The lowest BCUT2D eigenvalue weighted by Crippen LogP contribution is -2.33. The molecule has 1 atom stereocenters. The molecule has 0 saturated heterocycles. The number of rotatable bonds is 5. The highest BCUT2D eigenvalue weighted by Crippen LogP contribution is 2.24. The Morgan fingerprint density at radius 3 is 2.79 bits per heavy atom. The van der Waals surface area contributed by atoms with Gasteiger partial charge in [-0.3, -0.25) is 4.79 Å². The van der Waals surface area contributed by atoms with Crippen LogP contribution in [0.25, 0.3) is 0 Å². The first-order valence-corrected chi connectivity index (χ1v) is 8.49. The van der Waals surface area contributed by atoms with E-state index in [-0.39, 0.29) is 12.5 Å². The Balaban J connectivity index is 2.07. The second kappa shape index (κ2) is 7.81. The fourth-order valence-electron chi connectivity index (χ4n) is 2.13. The lowest BCUT2D eigenvalue weighted by atomic mass is 10.2. The number of hydrogen-bond acceptors (Lipinski definition) is 5. The number of carbonyl (C=O) groups excluding carboxylic acids is 1. The summed E-state index contributed by atoms with van der Waals surface area (Å²) >= 11 is 7.21. The standard InChI is InChI=1S/C16H18ClFN4OS/c1-9-7-14(19)21-16(20-9)24-10(2)15(23)22(3)8-11-12(17)5-4-6-13(11)18/h4-7,10H,8H2,1-3H3,(H2,19,20,21). The van der Waals surface area contributed by atoms with Crippen molar-refractivity contribution in [3.05, 3.63) is 46.4 Å². The lowest BCUT2D eigenvalue weighted by molar-refractivity contribution is -0.129. The Morgan fingerprint density at radius 1 is 1.46 bits per heavy atom. The number of amides is 1. The van der Waals surface area contributed by atoms with Crippen LogP contribution in [-0.2, 0) is 11.3 Å². The van der Waals surface area contributed by atoms with Gasteiger partial charge in [-0.25, -0.2) is 14.4 Å². The summed E-state index contributed by atoms with van der Waals surface area (Å²) in [6, 6.07) is 6.10. The van der Waals surface area contributed by atoms with Gasteiger partial charge in [0.25, 0.3) is 0 Å². The zero-order valence-electron chi connectivity index (χ0n) is 13.6. The van der Waals surface area contributed by atoms with Crippen molar-refractivity contribution >= 4 is 35.1 Å². The molecular weight excluding hydrogens is 351 g/mol. The van der Waals surface area contributed by atoms with E-state index in [1.54, 1.807) is 33.0 Å². The highest BCUT2D eigenvalue weighted by molar-refractivity contribution is 8.00. The molecule has 0 aliphatic rings. The highest BCUT2D eigenvalue weighted by atomic mass is 35.5. The quantitative estimate of drug-likeness (QED) is 0.647. The van der Waals surface area contributed by atoms with Gasteiger partial charge in [0.2, 0.25) is 5.91 Å². The molecule has 2 rings (SSSR count). The summed E-state index contributed by atoms with van der Waals surface area (Å²) in [6.07, 6.45) is 0. The first kappa shape index (κ1) is 18.5. The number of anilines is 1. The molecule has 1 aromatic heterocycles. The van der Waals surface area contributed by atoms with E-state index in [4.69, 9.17) is 17.3 Å². The fraction of sp³-hybridized carbons (Fsp3) is 0.312. The molecule has 1 amide bonds. The maximum atomic E-state index is 13.8. The molecule has 5 nitrogen and oxygen atoms in total. The van der Waals surface area contributed by atoms with Gasteiger partial charge >= 0.3 is 0 Å². The second-order valence-corrected chi connectivity index (χ2v) is 7.09. The van der Waals surface area contributed by atoms with Crippen molar-refractivity contribution in [1.82, 2.24) is 14.9 Å². The summed E-state index contributed by atoms with van der Waals surface area (Å²) in [4.78, 5) is 22.3. The molecule has 0 saturated carbocycles. The number of benzene rings is 1. The first-order chi connectivity index (χ1) is 11.3. The maximum absolute atomic E-state index is 13.8. The number of nitrogens with zero attached hydrogens (tertiary/aromatic N) is 3. The minimum Gasteiger partial charge on any atom is -0.384 e. The predicted molar refractivity (Wildman–Crippen MR) is 94.4 cm³/mol. The van der Waals surface area contributed by atoms with Gasteiger partial charge in [-0.05, 0) is 26.0 Å². The molecule has 0 radical (unpaired) electrons. The number of carbonyl (C=O) groups is 1. The van der Waals surface area contributed by atoms with Gasteiger partial charge in [-0.2, -0.15) is 0 Å². The van der Waals surface area contributed by atoms with Crippen LogP contribution < -0.4 is 5.73 Å². The number of nitrogens with two attached hydrogens (primary N) is 1. The SMILES string of the molecule is Cc1cc(N)nc(SC(C)C(=O)N(C)Cc2c(F)cccc2Cl)n1. The van der Waals surface area contributed by atoms with Gasteiger partial charge in [0.15, 0.2) is 5.16 Å². The van der Waals surface area contributed by atoms with Crippen LogP contribution in [0, 0.1) is 12.7 Å². The Morgan fingerprint density at radius 2 is 2.17 bits per heavy atom. The molecule has 0 aliphatic heterocycles. The van der Waals surface area contributed by atoms with Crippen molar-refractivity contribution in [3.63, 3.8) is 0 Å². The fourth-order valence-corrected chi connectivity index (χ4v) is 3.31. The normalized spacial score (nSPS) is 12.0. The molecular formula is C16H18ClFN4OS. The Kier molecular flexibility index (Phi) is 6.01. The van der Waals surface area contributed by atoms with E-state index in [0.717, 1.165) is 5.69 Å². The van der Waals surface area contributed by atoms with Gasteiger partial charge < -0.3 is 10.6 Å². The van der Waals surface area contributed by atoms with E-state index < -0.39 is 11.1 Å². The summed E-state index contributed by atoms with van der Waals surface area (Å²) in [5.41, 5.74) is 6.72. The van der Waals surface area contributed by atoms with E-state index >= 15 is 0 Å². The zero-order valence-corrected chi connectivity index (χ0v) is 15.2. The molecule has 1 heterocycles. The van der Waals surface area contributed by atoms with E-state index in [0.29, 0.717) is 21.6 Å². The average molecular weight is 369 g/mol. The van der Waals surface area contributed by atoms with Crippen molar-refractivity contribution in [2.75, 3.05) is 12.8 Å². The third-order valence-electron chi connectivity index (χ3n) is 3.32. The molecule has 0 bridgehead atoms. The molecule has 1 unspecified atom stereocenters. The predicted octanol–water partition coefficient (Wildman–Crippen LogP) is 3.30. The smallest absolute Gasteiger partial charge is 0.235 e. The number of aromatic nitrogens is 2. The zero-order chi connectivity index (χ0) is 17.9. The molecule has 0 fully saturated rings. The molecule has 128 valence electrons. The molecule has 1 aromatic carbocycles. The molecule has 2 N–H and O–H groups in total. The lowest BCUT2D eigenvalue weighted by Gasteiger charge is -2.21. The number of aryl methyl sites for hydroxylation is 1. The summed E-state index contributed by atoms with van der Waals surface area (Å²) in [5.74, 6) is -0.253. The van der Waals surface area contributed by atoms with Crippen LogP contribution in [0.3, 0.4) is 0 Å². The van der Waals surface area contributed by atoms with Crippen molar-refractivity contribution in [2.24, 2.45) is 0 Å². The van der Waals surface area contributed by atoms with Crippen molar-refractivity contribution in [1.29, 1.82) is 0 Å². The van der Waals surface area contributed by atoms with E-state index in [1.165, 1.54) is 28.8 Å². The number of hydrogen-bond donors (Lipinski definition) is 1. The van der Waals surface area contributed by atoms with Crippen molar-refractivity contribution < 1.29 is 9.18 Å². The number of halogens is 2. The Hall–Kier alpha value is -1.86. The molecule has 0 aliphatic carbocycles. The third kappa shape index (κ3) is 4.58. The number of thioether (sulfide) groups is 1. The molecule has 8 heteroatoms. The third-order valence-corrected chi connectivity index (χ3v) is 4.62. The molecule has 24 heavy (non-hydrogen) atoms.